The van der Waals surface area contributed by atoms with E-state index in [0.29, 0.717) is 0 Å². The Labute approximate surface area is 92.6 Å². The van der Waals surface area contributed by atoms with Crippen molar-refractivity contribution in [3.8, 4) is 0 Å². The molecule has 0 aromatic heterocycles. The first-order valence-electron chi connectivity index (χ1n) is 6.94. The Morgan fingerprint density at radius 1 is 0.733 bits per heavy atom. The van der Waals surface area contributed by atoms with Crippen molar-refractivity contribution in [3.63, 3.8) is 0 Å². The van der Waals surface area contributed by atoms with Gasteiger partial charge < -0.3 is 4.74 Å². The average Bonchev–Trinajstić information content (AvgIpc) is 2.26. The van der Waals surface area contributed by atoms with Gasteiger partial charge in [-0.3, -0.25) is 0 Å². The van der Waals surface area contributed by atoms with Crippen LogP contribution in [0.5, 0.6) is 0 Å². The molecule has 4 aliphatic carbocycles. The molecule has 1 saturated heterocycles. The zero-order valence-electron chi connectivity index (χ0n) is 9.58. The smallest absolute Gasteiger partial charge is 0.0471 e. The minimum absolute atomic E-state index is 0.756. The number of ether oxygens (including phenoxy) is 1. The number of hydrogen-bond acceptors (Lipinski definition) is 1. The molecule has 0 unspecified atom stereocenters. The maximum atomic E-state index is 5.60. The minimum atomic E-state index is 0.756. The Bertz CT molecular complexity index is 235. The molecule has 0 radical (unpaired) electrons. The van der Waals surface area contributed by atoms with E-state index in [2.05, 4.69) is 0 Å². The maximum absolute atomic E-state index is 5.60. The van der Waals surface area contributed by atoms with Crippen LogP contribution in [0.3, 0.4) is 0 Å². The summed E-state index contributed by atoms with van der Waals surface area (Å²) in [4.78, 5) is 0. The molecule has 5 fully saturated rings. The van der Waals surface area contributed by atoms with Crippen molar-refractivity contribution in [2.24, 2.45) is 29.1 Å². The summed E-state index contributed by atoms with van der Waals surface area (Å²) < 4.78 is 5.60. The summed E-state index contributed by atoms with van der Waals surface area (Å²) in [5.74, 6) is 4.44. The molecule has 5 rings (SSSR count). The van der Waals surface area contributed by atoms with Gasteiger partial charge in [-0.2, -0.15) is 0 Å². The molecule has 15 heavy (non-hydrogen) atoms. The molecule has 4 bridgehead atoms. The fraction of sp³-hybridized carbons (Fsp3) is 1.00. The molecule has 5 aliphatic rings. The van der Waals surface area contributed by atoms with Gasteiger partial charge in [-0.1, -0.05) is 0 Å². The van der Waals surface area contributed by atoms with Crippen LogP contribution < -0.4 is 0 Å². The zero-order chi connectivity index (χ0) is 9.88. The summed E-state index contributed by atoms with van der Waals surface area (Å²) in [5, 5.41) is 0. The molecule has 0 atom stereocenters. The Hall–Kier alpha value is -0.0400. The summed E-state index contributed by atoms with van der Waals surface area (Å²) in [6.45, 7) is 2.12. The zero-order valence-corrected chi connectivity index (χ0v) is 9.58. The van der Waals surface area contributed by atoms with Gasteiger partial charge in [0.2, 0.25) is 0 Å². The highest BCUT2D eigenvalue weighted by Crippen LogP contribution is 2.65. The van der Waals surface area contributed by atoms with Crippen LogP contribution >= 0.6 is 0 Å². The van der Waals surface area contributed by atoms with Gasteiger partial charge >= 0.3 is 0 Å². The van der Waals surface area contributed by atoms with Crippen LogP contribution in [0.15, 0.2) is 0 Å². The molecular weight excluding hydrogens is 184 g/mol. The normalized spacial score (nSPS) is 51.2. The van der Waals surface area contributed by atoms with Gasteiger partial charge in [0.1, 0.15) is 0 Å². The third kappa shape index (κ3) is 1.13. The van der Waals surface area contributed by atoms with Crippen LogP contribution in [0, 0.1) is 29.1 Å². The van der Waals surface area contributed by atoms with E-state index < -0.39 is 0 Å². The van der Waals surface area contributed by atoms with Crippen LogP contribution in [0.1, 0.15) is 44.9 Å². The standard InChI is InChI=1S/C14H22O/c1-3-15-4-2-14(1)12-6-10-5-11(8-12)9-13(14)7-10/h10-13H,1-9H2. The second-order valence-electron chi connectivity index (χ2n) is 6.65. The first-order valence-corrected chi connectivity index (χ1v) is 6.94. The van der Waals surface area contributed by atoms with Gasteiger partial charge in [0.15, 0.2) is 0 Å². The highest BCUT2D eigenvalue weighted by Gasteiger charge is 2.56. The quantitative estimate of drug-likeness (QED) is 0.591. The highest BCUT2D eigenvalue weighted by molar-refractivity contribution is 5.06. The van der Waals surface area contributed by atoms with Gasteiger partial charge in [0, 0.05) is 13.2 Å². The van der Waals surface area contributed by atoms with Crippen molar-refractivity contribution >= 4 is 0 Å². The highest BCUT2D eigenvalue weighted by atomic mass is 16.5. The van der Waals surface area contributed by atoms with Crippen LogP contribution in [-0.2, 0) is 4.74 Å². The minimum Gasteiger partial charge on any atom is -0.381 e. The largest absolute Gasteiger partial charge is 0.381 e. The molecule has 84 valence electrons. The molecule has 4 saturated carbocycles. The van der Waals surface area contributed by atoms with Crippen LogP contribution in [0.4, 0.5) is 0 Å². The van der Waals surface area contributed by atoms with Gasteiger partial charge in [-0.05, 0) is 74.0 Å². The molecule has 0 N–H and O–H groups in total. The first-order chi connectivity index (χ1) is 7.37. The Morgan fingerprint density at radius 2 is 1.27 bits per heavy atom. The van der Waals surface area contributed by atoms with Crippen LogP contribution in [0.2, 0.25) is 0 Å². The van der Waals surface area contributed by atoms with E-state index in [1.165, 1.54) is 12.8 Å². The first kappa shape index (κ1) is 9.04. The van der Waals surface area contributed by atoms with Crippen LogP contribution in [0.25, 0.3) is 0 Å². The third-order valence-electron chi connectivity index (χ3n) is 6.19. The summed E-state index contributed by atoms with van der Waals surface area (Å²) in [6.07, 6.45) is 10.7. The molecular formula is C14H22O. The average molecular weight is 206 g/mol. The Morgan fingerprint density at radius 3 is 1.80 bits per heavy atom. The lowest BCUT2D eigenvalue weighted by Crippen LogP contribution is -2.54. The summed E-state index contributed by atoms with van der Waals surface area (Å²) >= 11 is 0. The molecule has 1 aliphatic heterocycles. The van der Waals surface area contributed by atoms with E-state index in [1.807, 2.05) is 0 Å². The van der Waals surface area contributed by atoms with Crippen LogP contribution in [-0.4, -0.2) is 13.2 Å². The monoisotopic (exact) mass is 206 g/mol. The lowest BCUT2D eigenvalue weighted by molar-refractivity contribution is -0.153. The lowest BCUT2D eigenvalue weighted by atomic mass is 9.43. The van der Waals surface area contributed by atoms with Crippen molar-refractivity contribution in [2.45, 2.75) is 44.9 Å². The van der Waals surface area contributed by atoms with Crippen molar-refractivity contribution in [1.82, 2.24) is 0 Å². The Kier molecular flexibility index (Phi) is 1.81. The van der Waals surface area contributed by atoms with Gasteiger partial charge in [0.25, 0.3) is 0 Å². The fourth-order valence-electron chi connectivity index (χ4n) is 5.69. The van der Waals surface area contributed by atoms with E-state index >= 15 is 0 Å². The molecule has 0 aromatic carbocycles. The number of hydrogen-bond donors (Lipinski definition) is 0. The summed E-state index contributed by atoms with van der Waals surface area (Å²) in [6, 6.07) is 0. The van der Waals surface area contributed by atoms with E-state index in [9.17, 15) is 0 Å². The maximum Gasteiger partial charge on any atom is 0.0471 e. The van der Waals surface area contributed by atoms with E-state index in [4.69, 9.17) is 4.74 Å². The second-order valence-corrected chi connectivity index (χ2v) is 6.65. The van der Waals surface area contributed by atoms with Crippen molar-refractivity contribution in [2.75, 3.05) is 13.2 Å². The van der Waals surface area contributed by atoms with Crippen molar-refractivity contribution in [1.29, 1.82) is 0 Å². The fourth-order valence-corrected chi connectivity index (χ4v) is 5.69. The molecule has 1 heteroatoms. The van der Waals surface area contributed by atoms with Gasteiger partial charge in [-0.25, -0.2) is 0 Å². The molecule has 0 amide bonds. The predicted octanol–water partition coefficient (Wildman–Crippen LogP) is 3.24. The molecule has 1 spiro atoms. The predicted molar refractivity (Wildman–Crippen MR) is 59.5 cm³/mol. The molecule has 1 heterocycles. The van der Waals surface area contributed by atoms with E-state index in [0.717, 1.165) is 42.3 Å². The van der Waals surface area contributed by atoms with E-state index in [-0.39, 0.29) is 0 Å². The van der Waals surface area contributed by atoms with Crippen molar-refractivity contribution < 1.29 is 4.74 Å². The summed E-state index contributed by atoms with van der Waals surface area (Å²) in [7, 11) is 0. The topological polar surface area (TPSA) is 9.23 Å². The number of rotatable bonds is 0. The van der Waals surface area contributed by atoms with Gasteiger partial charge in [-0.15, -0.1) is 0 Å². The summed E-state index contributed by atoms with van der Waals surface area (Å²) in [5.41, 5.74) is 0.756. The van der Waals surface area contributed by atoms with Crippen molar-refractivity contribution in [3.05, 3.63) is 0 Å². The molecule has 1 nitrogen and oxygen atoms in total. The van der Waals surface area contributed by atoms with E-state index in [1.54, 1.807) is 32.1 Å². The Balaban J connectivity index is 1.69. The second kappa shape index (κ2) is 3.00. The van der Waals surface area contributed by atoms with Gasteiger partial charge in [0.05, 0.1) is 0 Å². The lowest BCUT2D eigenvalue weighted by Gasteiger charge is -2.62. The third-order valence-corrected chi connectivity index (χ3v) is 6.19. The SMILES string of the molecule is C1CC2(CCO1)C1CC3CC(C1)CC2C3. The molecule has 0 aromatic rings.